The number of benzene rings is 1. The van der Waals surface area contributed by atoms with Gasteiger partial charge in [0.2, 0.25) is 0 Å². The fourth-order valence-electron chi connectivity index (χ4n) is 2.23. The summed E-state index contributed by atoms with van der Waals surface area (Å²) < 4.78 is 36.0. The van der Waals surface area contributed by atoms with Crippen LogP contribution in [0.4, 0.5) is 18.0 Å². The van der Waals surface area contributed by atoms with Crippen molar-refractivity contribution in [1.82, 2.24) is 10.2 Å². The van der Waals surface area contributed by atoms with Gasteiger partial charge in [-0.15, -0.1) is 0 Å². The minimum absolute atomic E-state index is 0.206. The van der Waals surface area contributed by atoms with Crippen LogP contribution < -0.4 is 5.32 Å². The van der Waals surface area contributed by atoms with E-state index in [1.165, 1.54) is 4.90 Å². The zero-order valence-electron chi connectivity index (χ0n) is 10.3. The number of nitrogens with zero attached hydrogens (tertiary/aromatic N) is 1. The van der Waals surface area contributed by atoms with E-state index >= 15 is 0 Å². The smallest absolute Gasteiger partial charge is 0.329 e. The van der Waals surface area contributed by atoms with Crippen molar-refractivity contribution in [2.45, 2.75) is 18.5 Å². The van der Waals surface area contributed by atoms with Gasteiger partial charge in [-0.25, -0.2) is 4.79 Å². The van der Waals surface area contributed by atoms with Gasteiger partial charge in [0.05, 0.1) is 0 Å². The Labute approximate surface area is 109 Å². The van der Waals surface area contributed by atoms with Crippen molar-refractivity contribution in [3.05, 3.63) is 35.9 Å². The van der Waals surface area contributed by atoms with Gasteiger partial charge in [-0.05, 0) is 12.0 Å². The predicted molar refractivity (Wildman–Crippen MR) is 64.8 cm³/mol. The van der Waals surface area contributed by atoms with Crippen molar-refractivity contribution in [3.8, 4) is 0 Å². The van der Waals surface area contributed by atoms with Crippen LogP contribution in [0.2, 0.25) is 0 Å². The summed E-state index contributed by atoms with van der Waals surface area (Å²) in [7, 11) is 0. The monoisotopic (exact) mass is 272 g/mol. The molecule has 1 heterocycles. The SMILES string of the molecule is O=C(NCC(F)(F)F)N1CCC(c2ccccc2)C1. The summed E-state index contributed by atoms with van der Waals surface area (Å²) in [5, 5.41) is 1.90. The molecule has 1 atom stereocenters. The molecule has 1 aliphatic rings. The van der Waals surface area contributed by atoms with Gasteiger partial charge < -0.3 is 10.2 Å². The summed E-state index contributed by atoms with van der Waals surface area (Å²) in [4.78, 5) is 13.0. The van der Waals surface area contributed by atoms with E-state index in [0.717, 1.165) is 12.0 Å². The molecule has 1 fully saturated rings. The maximum Gasteiger partial charge on any atom is 0.405 e. The zero-order valence-corrected chi connectivity index (χ0v) is 10.3. The highest BCUT2D eigenvalue weighted by Gasteiger charge is 2.31. The van der Waals surface area contributed by atoms with Crippen LogP contribution in [0.1, 0.15) is 17.9 Å². The number of hydrogen-bond donors (Lipinski definition) is 1. The highest BCUT2D eigenvalue weighted by molar-refractivity contribution is 5.74. The van der Waals surface area contributed by atoms with Crippen LogP contribution in [0.25, 0.3) is 0 Å². The Morgan fingerprint density at radius 3 is 2.63 bits per heavy atom. The number of carbonyl (C=O) groups excluding carboxylic acids is 1. The number of rotatable bonds is 2. The Bertz CT molecular complexity index is 433. The van der Waals surface area contributed by atoms with E-state index in [1.54, 1.807) is 0 Å². The third-order valence-corrected chi connectivity index (χ3v) is 3.19. The number of likely N-dealkylation sites (tertiary alicyclic amines) is 1. The summed E-state index contributed by atoms with van der Waals surface area (Å²) in [5.41, 5.74) is 1.12. The molecule has 6 heteroatoms. The quantitative estimate of drug-likeness (QED) is 0.882. The average molecular weight is 272 g/mol. The maximum absolute atomic E-state index is 12.0. The molecule has 19 heavy (non-hydrogen) atoms. The molecule has 3 nitrogen and oxygen atoms in total. The highest BCUT2D eigenvalue weighted by atomic mass is 19.4. The number of nitrogens with one attached hydrogen (secondary N) is 1. The summed E-state index contributed by atoms with van der Waals surface area (Å²) in [6.45, 7) is -0.324. The molecule has 0 aromatic heterocycles. The van der Waals surface area contributed by atoms with Gasteiger partial charge in [-0.1, -0.05) is 30.3 Å². The predicted octanol–water partition coefficient (Wildman–Crippen LogP) is 2.75. The Hall–Kier alpha value is -1.72. The van der Waals surface area contributed by atoms with E-state index in [1.807, 2.05) is 35.6 Å². The van der Waals surface area contributed by atoms with Crippen LogP contribution >= 0.6 is 0 Å². The van der Waals surface area contributed by atoms with E-state index in [-0.39, 0.29) is 5.92 Å². The second-order valence-corrected chi connectivity index (χ2v) is 4.62. The summed E-state index contributed by atoms with van der Waals surface area (Å²) in [6, 6.07) is 9.05. The first-order chi connectivity index (χ1) is 8.96. The first-order valence-corrected chi connectivity index (χ1v) is 6.10. The third kappa shape index (κ3) is 3.87. The average Bonchev–Trinajstić information content (AvgIpc) is 2.86. The first-order valence-electron chi connectivity index (χ1n) is 6.10. The minimum Gasteiger partial charge on any atom is -0.329 e. The lowest BCUT2D eigenvalue weighted by Crippen LogP contribution is -2.42. The first kappa shape index (κ1) is 13.7. The molecule has 0 aliphatic carbocycles. The van der Waals surface area contributed by atoms with Gasteiger partial charge in [-0.2, -0.15) is 13.2 Å². The number of amides is 2. The number of carbonyl (C=O) groups is 1. The van der Waals surface area contributed by atoms with Crippen molar-refractivity contribution < 1.29 is 18.0 Å². The van der Waals surface area contributed by atoms with E-state index in [0.29, 0.717) is 13.1 Å². The summed E-state index contributed by atoms with van der Waals surface area (Å²) >= 11 is 0. The van der Waals surface area contributed by atoms with E-state index in [2.05, 4.69) is 0 Å². The van der Waals surface area contributed by atoms with Gasteiger partial charge in [0.25, 0.3) is 0 Å². The zero-order chi connectivity index (χ0) is 13.9. The highest BCUT2D eigenvalue weighted by Crippen LogP contribution is 2.26. The van der Waals surface area contributed by atoms with Crippen LogP contribution in [0.15, 0.2) is 30.3 Å². The van der Waals surface area contributed by atoms with Crippen molar-refractivity contribution in [1.29, 1.82) is 0 Å². The molecular weight excluding hydrogens is 257 g/mol. The van der Waals surface area contributed by atoms with E-state index < -0.39 is 18.8 Å². The molecule has 1 aliphatic heterocycles. The molecule has 0 saturated carbocycles. The second kappa shape index (κ2) is 5.50. The molecule has 2 amide bonds. The second-order valence-electron chi connectivity index (χ2n) is 4.62. The lowest BCUT2D eigenvalue weighted by molar-refractivity contribution is -0.123. The van der Waals surface area contributed by atoms with Crippen molar-refractivity contribution in [3.63, 3.8) is 0 Å². The van der Waals surface area contributed by atoms with Gasteiger partial charge in [0.15, 0.2) is 0 Å². The Morgan fingerprint density at radius 2 is 2.00 bits per heavy atom. The van der Waals surface area contributed by atoms with Crippen LogP contribution in [-0.2, 0) is 0 Å². The van der Waals surface area contributed by atoms with Crippen LogP contribution in [-0.4, -0.2) is 36.7 Å². The molecule has 0 spiro atoms. The molecule has 104 valence electrons. The van der Waals surface area contributed by atoms with Crippen molar-refractivity contribution >= 4 is 6.03 Å². The fraction of sp³-hybridized carbons (Fsp3) is 0.462. The van der Waals surface area contributed by atoms with Gasteiger partial charge >= 0.3 is 12.2 Å². The molecule has 2 rings (SSSR count). The summed E-state index contributed by atoms with van der Waals surface area (Å²) in [5.74, 6) is 0.206. The van der Waals surface area contributed by atoms with Crippen molar-refractivity contribution in [2.24, 2.45) is 0 Å². The van der Waals surface area contributed by atoms with Gasteiger partial charge in [0.1, 0.15) is 6.54 Å². The molecule has 1 unspecified atom stereocenters. The standard InChI is InChI=1S/C13H15F3N2O/c14-13(15,16)9-17-12(19)18-7-6-11(8-18)10-4-2-1-3-5-10/h1-5,11H,6-9H2,(H,17,19). The molecule has 1 saturated heterocycles. The minimum atomic E-state index is -4.37. The molecule has 1 aromatic rings. The normalized spacial score (nSPS) is 19.5. The topological polar surface area (TPSA) is 32.3 Å². The lowest BCUT2D eigenvalue weighted by Gasteiger charge is -2.18. The van der Waals surface area contributed by atoms with E-state index in [9.17, 15) is 18.0 Å². The molecule has 0 radical (unpaired) electrons. The Morgan fingerprint density at radius 1 is 1.32 bits per heavy atom. The lowest BCUT2D eigenvalue weighted by atomic mass is 9.99. The van der Waals surface area contributed by atoms with Gasteiger partial charge in [-0.3, -0.25) is 0 Å². The third-order valence-electron chi connectivity index (χ3n) is 3.19. The molecule has 1 N–H and O–H groups in total. The van der Waals surface area contributed by atoms with Crippen LogP contribution in [0.3, 0.4) is 0 Å². The number of urea groups is 1. The number of alkyl halides is 3. The molecular formula is C13H15F3N2O. The van der Waals surface area contributed by atoms with Crippen LogP contribution in [0, 0.1) is 0 Å². The largest absolute Gasteiger partial charge is 0.405 e. The van der Waals surface area contributed by atoms with E-state index in [4.69, 9.17) is 0 Å². The Balaban J connectivity index is 1.86. The van der Waals surface area contributed by atoms with Crippen LogP contribution in [0.5, 0.6) is 0 Å². The molecule has 1 aromatic carbocycles. The number of halogens is 3. The molecule has 0 bridgehead atoms. The maximum atomic E-state index is 12.0. The van der Waals surface area contributed by atoms with Gasteiger partial charge in [0, 0.05) is 19.0 Å². The summed E-state index contributed by atoms with van der Waals surface area (Å²) in [6.07, 6.45) is -3.59. The fourth-order valence-corrected chi connectivity index (χ4v) is 2.23. The van der Waals surface area contributed by atoms with Crippen molar-refractivity contribution in [2.75, 3.05) is 19.6 Å². The Kier molecular flexibility index (Phi) is 3.97. The number of hydrogen-bond acceptors (Lipinski definition) is 1.